The summed E-state index contributed by atoms with van der Waals surface area (Å²) in [6.45, 7) is 3.26. The third kappa shape index (κ3) is 27.2. The lowest BCUT2D eigenvalue weighted by Crippen LogP contribution is -2.64. The highest BCUT2D eigenvalue weighted by Crippen LogP contribution is 2.47. The molecule has 1 rings (SSSR count). The van der Waals surface area contributed by atoms with Gasteiger partial charge < -0.3 is 39.9 Å². The zero-order valence-corrected chi connectivity index (χ0v) is 36.7. The second-order valence-electron chi connectivity index (χ2n) is 15.9. The Morgan fingerprint density at radius 1 is 0.534 bits per heavy atom. The summed E-state index contributed by atoms with van der Waals surface area (Å²) in [7, 11) is -5.12. The van der Waals surface area contributed by atoms with Crippen LogP contribution < -0.4 is 0 Å². The summed E-state index contributed by atoms with van der Waals surface area (Å²) in [5, 5.41) is 50.1. The fourth-order valence-electron chi connectivity index (χ4n) is 6.85. The van der Waals surface area contributed by atoms with Crippen LogP contribution in [0.4, 0.5) is 0 Å². The first-order valence-electron chi connectivity index (χ1n) is 22.6. The maximum atomic E-state index is 12.8. The number of ether oxygens (including phenoxy) is 2. The van der Waals surface area contributed by atoms with Crippen LogP contribution in [-0.4, -0.2) is 98.3 Å². The van der Waals surface area contributed by atoms with Crippen molar-refractivity contribution in [1.29, 1.82) is 0 Å². The van der Waals surface area contributed by atoms with Crippen LogP contribution in [0.2, 0.25) is 0 Å². The Balaban J connectivity index is 2.48. The molecule has 8 atom stereocenters. The molecule has 1 saturated carbocycles. The van der Waals surface area contributed by atoms with Crippen LogP contribution in [0, 0.1) is 0 Å². The van der Waals surface area contributed by atoms with Crippen LogP contribution in [0.25, 0.3) is 0 Å². The summed E-state index contributed by atoms with van der Waals surface area (Å²) in [6, 6.07) is 0. The lowest BCUT2D eigenvalue weighted by atomic mass is 9.85. The van der Waals surface area contributed by atoms with Gasteiger partial charge in [0, 0.05) is 12.8 Å². The van der Waals surface area contributed by atoms with Gasteiger partial charge in [0.15, 0.2) is 6.10 Å². The Kier molecular flexibility index (Phi) is 32.8. The second-order valence-corrected chi connectivity index (χ2v) is 17.3. The molecule has 0 aromatic rings. The molecule has 0 saturated heterocycles. The number of carbonyl (C=O) groups is 2. The molecule has 1 aliphatic rings. The Labute approximate surface area is 349 Å². The summed E-state index contributed by atoms with van der Waals surface area (Å²) in [6.07, 6.45) is 23.7. The van der Waals surface area contributed by atoms with Gasteiger partial charge >= 0.3 is 19.8 Å². The van der Waals surface area contributed by atoms with Crippen LogP contribution in [0.1, 0.15) is 187 Å². The fraction of sp³-hybridized carbons (Fsp3) is 0.864. The van der Waals surface area contributed by atoms with Gasteiger partial charge in [-0.15, -0.1) is 0 Å². The van der Waals surface area contributed by atoms with Crippen molar-refractivity contribution in [3.63, 3.8) is 0 Å². The topological polar surface area (TPSA) is 210 Å². The molecule has 0 aliphatic heterocycles. The van der Waals surface area contributed by atoms with E-state index in [2.05, 4.69) is 38.2 Å². The van der Waals surface area contributed by atoms with Gasteiger partial charge in [-0.25, -0.2) is 4.57 Å². The van der Waals surface area contributed by atoms with Gasteiger partial charge in [-0.05, 0) is 44.9 Å². The van der Waals surface area contributed by atoms with Gasteiger partial charge in [0.25, 0.3) is 0 Å². The number of esters is 2. The van der Waals surface area contributed by atoms with E-state index in [4.69, 9.17) is 18.5 Å². The molecule has 0 heterocycles. The van der Waals surface area contributed by atoms with Crippen LogP contribution in [0.5, 0.6) is 0 Å². The number of hydrogen-bond acceptors (Lipinski definition) is 12. The fourth-order valence-corrected chi connectivity index (χ4v) is 7.82. The molecule has 0 amide bonds. The summed E-state index contributed by atoms with van der Waals surface area (Å²) in [5.74, 6) is -1.11. The van der Waals surface area contributed by atoms with Gasteiger partial charge in [-0.1, -0.05) is 154 Å². The number of phosphoric ester groups is 1. The highest BCUT2D eigenvalue weighted by Gasteiger charge is 2.51. The number of carbonyl (C=O) groups excluding carboxylic acids is 2. The van der Waals surface area contributed by atoms with E-state index >= 15 is 0 Å². The van der Waals surface area contributed by atoms with E-state index in [9.17, 15) is 44.6 Å². The van der Waals surface area contributed by atoms with Crippen molar-refractivity contribution in [3.05, 3.63) is 24.3 Å². The number of unbranched alkanes of at least 4 members (excludes halogenated alkanes) is 21. The van der Waals surface area contributed by atoms with Crippen LogP contribution in [0.3, 0.4) is 0 Å². The van der Waals surface area contributed by atoms with Crippen molar-refractivity contribution in [2.75, 3.05) is 13.2 Å². The van der Waals surface area contributed by atoms with Gasteiger partial charge in [0.1, 0.15) is 43.2 Å². The maximum absolute atomic E-state index is 12.8. The molecule has 14 heteroatoms. The second kappa shape index (κ2) is 35.0. The molecule has 0 aromatic heterocycles. The average molecular weight is 849 g/mol. The van der Waals surface area contributed by atoms with E-state index < -0.39 is 75.7 Å². The smallest absolute Gasteiger partial charge is 0.462 e. The van der Waals surface area contributed by atoms with Gasteiger partial charge in [0.05, 0.1) is 6.61 Å². The van der Waals surface area contributed by atoms with Crippen molar-refractivity contribution in [3.8, 4) is 0 Å². The lowest BCUT2D eigenvalue weighted by molar-refractivity contribution is -0.220. The molecule has 6 N–H and O–H groups in total. The van der Waals surface area contributed by atoms with Crippen LogP contribution >= 0.6 is 7.82 Å². The number of hydrogen-bond donors (Lipinski definition) is 6. The van der Waals surface area contributed by atoms with Crippen molar-refractivity contribution >= 4 is 19.8 Å². The normalized spacial score (nSPS) is 22.7. The van der Waals surface area contributed by atoms with E-state index in [1.54, 1.807) is 0 Å². The van der Waals surface area contributed by atoms with E-state index in [1.165, 1.54) is 83.5 Å². The number of rotatable bonds is 37. The zero-order chi connectivity index (χ0) is 42.9. The van der Waals surface area contributed by atoms with Crippen molar-refractivity contribution < 1.29 is 63.1 Å². The molecule has 0 spiro atoms. The van der Waals surface area contributed by atoms with Crippen molar-refractivity contribution in [2.45, 2.75) is 230 Å². The average Bonchev–Trinajstić information content (AvgIpc) is 3.20. The third-order valence-corrected chi connectivity index (χ3v) is 11.5. The minimum Gasteiger partial charge on any atom is -0.462 e. The van der Waals surface area contributed by atoms with E-state index in [0.717, 1.165) is 64.2 Å². The Hall–Kier alpha value is -1.67. The number of allylic oxidation sites excluding steroid dienone is 4. The molecular formula is C44H81O13P. The molecule has 0 bridgehead atoms. The predicted molar refractivity (Wildman–Crippen MR) is 226 cm³/mol. The summed E-state index contributed by atoms with van der Waals surface area (Å²) >= 11 is 0. The molecule has 13 nitrogen and oxygen atoms in total. The lowest BCUT2D eigenvalue weighted by Gasteiger charge is -2.41. The summed E-state index contributed by atoms with van der Waals surface area (Å²) in [4.78, 5) is 35.6. The quantitative estimate of drug-likeness (QED) is 0.0150. The molecule has 0 radical (unpaired) electrons. The van der Waals surface area contributed by atoms with Crippen LogP contribution in [-0.2, 0) is 32.7 Å². The molecule has 1 aliphatic carbocycles. The van der Waals surface area contributed by atoms with E-state index in [1.807, 2.05) is 0 Å². The van der Waals surface area contributed by atoms with Crippen LogP contribution in [0.15, 0.2) is 24.3 Å². The van der Waals surface area contributed by atoms with E-state index in [-0.39, 0.29) is 12.8 Å². The molecule has 1 fully saturated rings. The molecule has 6 unspecified atom stereocenters. The van der Waals surface area contributed by atoms with Gasteiger partial charge in [-0.2, -0.15) is 0 Å². The zero-order valence-electron chi connectivity index (χ0n) is 35.8. The summed E-state index contributed by atoms with van der Waals surface area (Å²) in [5.41, 5.74) is 0. The molecular weight excluding hydrogens is 767 g/mol. The number of aliphatic hydroxyl groups excluding tert-OH is 5. The highest BCUT2D eigenvalue weighted by atomic mass is 31.2. The first-order valence-corrected chi connectivity index (χ1v) is 24.1. The SMILES string of the molecule is CCCCC/C=C/C/C=C/CCCCCCCC(=O)O[C@@H](COC(=O)CCCCCCCCCCCCCCCC)COP(=O)(O)OC1C(O)C(O)C(O)[C@H](O)C1O. The minimum atomic E-state index is -5.12. The summed E-state index contributed by atoms with van der Waals surface area (Å²) < 4.78 is 33.5. The standard InChI is InChI=1S/C44H81O13P/c1-3-5-7-9-11-13-15-17-19-21-23-25-27-29-31-33-38(46)56-36(35-55-58(52,53)57-44-42(50)40(48)39(47)41(49)43(44)51)34-54-37(45)32-30-28-26-24-22-20-18-16-14-12-10-8-6-4-2/h11,13,17,19,36,39-44,47-51H,3-10,12,14-16,18,20-35H2,1-2H3,(H,52,53)/b13-11+,19-17+/t36-,39?,40-,41?,42?,43?,44?/m0/s1. The van der Waals surface area contributed by atoms with Crippen molar-refractivity contribution in [1.82, 2.24) is 0 Å². The van der Waals surface area contributed by atoms with E-state index in [0.29, 0.717) is 12.8 Å². The number of aliphatic hydroxyl groups is 5. The Morgan fingerprint density at radius 3 is 1.43 bits per heavy atom. The minimum absolute atomic E-state index is 0.0832. The monoisotopic (exact) mass is 849 g/mol. The first-order chi connectivity index (χ1) is 27.9. The predicted octanol–water partition coefficient (Wildman–Crippen LogP) is 8.45. The Bertz CT molecular complexity index is 1120. The Morgan fingerprint density at radius 2 is 0.931 bits per heavy atom. The third-order valence-electron chi connectivity index (χ3n) is 10.5. The van der Waals surface area contributed by atoms with Crippen molar-refractivity contribution in [2.24, 2.45) is 0 Å². The van der Waals surface area contributed by atoms with Gasteiger partial charge in [-0.3, -0.25) is 18.6 Å². The highest BCUT2D eigenvalue weighted by molar-refractivity contribution is 7.47. The molecule has 58 heavy (non-hydrogen) atoms. The maximum Gasteiger partial charge on any atom is 0.472 e. The number of phosphoric acid groups is 1. The first kappa shape index (κ1) is 54.3. The van der Waals surface area contributed by atoms with Gasteiger partial charge in [0.2, 0.25) is 0 Å². The largest absolute Gasteiger partial charge is 0.472 e. The molecule has 0 aromatic carbocycles. The molecule has 340 valence electrons.